The maximum absolute atomic E-state index is 12.8. The topological polar surface area (TPSA) is 63.7 Å². The fourth-order valence-electron chi connectivity index (χ4n) is 3.87. The summed E-state index contributed by atoms with van der Waals surface area (Å²) in [4.78, 5) is 19.8. The number of methoxy groups -OCH3 is 2. The second-order valence-electron chi connectivity index (χ2n) is 7.48. The van der Waals surface area contributed by atoms with E-state index >= 15 is 0 Å². The number of aromatic nitrogens is 1. The molecule has 2 heterocycles. The highest BCUT2D eigenvalue weighted by atomic mass is 32.1. The molecule has 1 saturated heterocycles. The van der Waals surface area contributed by atoms with Gasteiger partial charge in [-0.15, -0.1) is 0 Å². The first-order valence-electron chi connectivity index (χ1n) is 10.3. The lowest BCUT2D eigenvalue weighted by Crippen LogP contribution is -2.43. The number of benzene rings is 2. The molecule has 1 amide bonds. The van der Waals surface area contributed by atoms with Crippen LogP contribution in [0.2, 0.25) is 0 Å². The van der Waals surface area contributed by atoms with Gasteiger partial charge in [-0.2, -0.15) is 0 Å². The summed E-state index contributed by atoms with van der Waals surface area (Å²) < 4.78 is 11.8. The first kappa shape index (κ1) is 20.5. The van der Waals surface area contributed by atoms with Crippen LogP contribution in [-0.4, -0.2) is 44.7 Å². The Balaban J connectivity index is 1.32. The number of rotatable bonds is 7. The van der Waals surface area contributed by atoms with Crippen LogP contribution in [0.25, 0.3) is 10.2 Å². The lowest BCUT2D eigenvalue weighted by molar-refractivity contribution is -0.125. The van der Waals surface area contributed by atoms with Crippen molar-refractivity contribution in [2.45, 2.75) is 19.3 Å². The fourth-order valence-corrected chi connectivity index (χ4v) is 4.87. The van der Waals surface area contributed by atoms with Crippen molar-refractivity contribution < 1.29 is 14.3 Å². The second-order valence-corrected chi connectivity index (χ2v) is 8.49. The third kappa shape index (κ3) is 4.51. The third-order valence-corrected chi connectivity index (χ3v) is 6.60. The van der Waals surface area contributed by atoms with E-state index in [1.807, 2.05) is 36.4 Å². The fraction of sp³-hybridized carbons (Fsp3) is 0.391. The number of ether oxygens (including phenoxy) is 2. The van der Waals surface area contributed by atoms with E-state index in [2.05, 4.69) is 16.3 Å². The van der Waals surface area contributed by atoms with E-state index < -0.39 is 0 Å². The maximum Gasteiger partial charge on any atom is 0.224 e. The molecular formula is C23H27N3O3S. The Morgan fingerprint density at radius 1 is 1.20 bits per heavy atom. The van der Waals surface area contributed by atoms with E-state index in [0.717, 1.165) is 48.6 Å². The van der Waals surface area contributed by atoms with Crippen LogP contribution in [0.1, 0.15) is 18.4 Å². The van der Waals surface area contributed by atoms with E-state index in [-0.39, 0.29) is 11.8 Å². The number of carbonyl (C=O) groups excluding carboxylic acids is 1. The molecule has 0 spiro atoms. The highest BCUT2D eigenvalue weighted by Crippen LogP contribution is 2.31. The zero-order chi connectivity index (χ0) is 20.9. The molecule has 2 aromatic carbocycles. The number of carbonyl (C=O) groups is 1. The van der Waals surface area contributed by atoms with Crippen molar-refractivity contribution >= 4 is 32.6 Å². The van der Waals surface area contributed by atoms with Crippen LogP contribution >= 0.6 is 11.3 Å². The van der Waals surface area contributed by atoms with E-state index in [1.165, 1.54) is 4.70 Å². The van der Waals surface area contributed by atoms with Gasteiger partial charge in [-0.3, -0.25) is 4.79 Å². The Morgan fingerprint density at radius 2 is 2.03 bits per heavy atom. The summed E-state index contributed by atoms with van der Waals surface area (Å²) in [7, 11) is 3.25. The molecule has 0 radical (unpaired) electrons. The monoisotopic (exact) mass is 425 g/mol. The highest BCUT2D eigenvalue weighted by molar-refractivity contribution is 7.22. The normalized spacial score (nSPS) is 16.5. The van der Waals surface area contributed by atoms with E-state index in [9.17, 15) is 4.79 Å². The number of piperidine rings is 1. The van der Waals surface area contributed by atoms with Crippen LogP contribution in [0.3, 0.4) is 0 Å². The molecule has 1 aromatic heterocycles. The Hall–Kier alpha value is -2.80. The van der Waals surface area contributed by atoms with Crippen molar-refractivity contribution in [1.82, 2.24) is 10.3 Å². The standard InChI is InChI=1S/C23H27N3O3S/c1-28-19-10-9-16(14-20(19)29-2)11-12-24-22(27)17-6-5-13-26(15-17)23-25-18-7-3-4-8-21(18)30-23/h3-4,7-10,14,17H,5-6,11-13,15H2,1-2H3,(H,24,27)/t17-/m0/s1. The number of fused-ring (bicyclic) bond motifs is 1. The molecule has 30 heavy (non-hydrogen) atoms. The average molecular weight is 426 g/mol. The number of thiazole rings is 1. The summed E-state index contributed by atoms with van der Waals surface area (Å²) in [5.74, 6) is 1.54. The van der Waals surface area contributed by atoms with Crippen LogP contribution in [0.4, 0.5) is 5.13 Å². The molecule has 1 N–H and O–H groups in total. The summed E-state index contributed by atoms with van der Waals surface area (Å²) in [6, 6.07) is 14.0. The van der Waals surface area contributed by atoms with Crippen molar-refractivity contribution in [3.63, 3.8) is 0 Å². The number of hydrogen-bond donors (Lipinski definition) is 1. The molecule has 0 unspecified atom stereocenters. The zero-order valence-electron chi connectivity index (χ0n) is 17.4. The molecule has 158 valence electrons. The van der Waals surface area contributed by atoms with Gasteiger partial charge in [0.05, 0.1) is 30.4 Å². The lowest BCUT2D eigenvalue weighted by Gasteiger charge is -2.31. The molecule has 0 saturated carbocycles. The Bertz CT molecular complexity index is 987. The number of anilines is 1. The predicted octanol–water partition coefficient (Wildman–Crippen LogP) is 3.89. The number of amides is 1. The second kappa shape index (κ2) is 9.34. The number of para-hydroxylation sites is 1. The summed E-state index contributed by atoms with van der Waals surface area (Å²) in [5, 5.41) is 4.12. The maximum atomic E-state index is 12.8. The largest absolute Gasteiger partial charge is 0.493 e. The number of nitrogens with zero attached hydrogens (tertiary/aromatic N) is 2. The van der Waals surface area contributed by atoms with Crippen LogP contribution in [0, 0.1) is 5.92 Å². The first-order valence-corrected chi connectivity index (χ1v) is 11.1. The van der Waals surface area contributed by atoms with Crippen molar-refractivity contribution in [2.75, 3.05) is 38.8 Å². The van der Waals surface area contributed by atoms with Gasteiger partial charge in [0.15, 0.2) is 16.6 Å². The molecule has 0 aliphatic carbocycles. The van der Waals surface area contributed by atoms with E-state index in [0.29, 0.717) is 18.0 Å². The molecular weight excluding hydrogens is 398 g/mol. The molecule has 4 rings (SSSR count). The van der Waals surface area contributed by atoms with Gasteiger partial charge in [-0.1, -0.05) is 29.5 Å². The summed E-state index contributed by atoms with van der Waals surface area (Å²) >= 11 is 1.70. The first-order chi connectivity index (χ1) is 14.7. The van der Waals surface area contributed by atoms with Crippen LogP contribution < -0.4 is 19.7 Å². The molecule has 6 nitrogen and oxygen atoms in total. The minimum absolute atomic E-state index is 0.00355. The smallest absolute Gasteiger partial charge is 0.224 e. The van der Waals surface area contributed by atoms with Crippen LogP contribution in [0.5, 0.6) is 11.5 Å². The van der Waals surface area contributed by atoms with Gasteiger partial charge in [0.25, 0.3) is 0 Å². The average Bonchev–Trinajstić information content (AvgIpc) is 3.23. The quantitative estimate of drug-likeness (QED) is 0.622. The zero-order valence-corrected chi connectivity index (χ0v) is 18.2. The molecule has 1 atom stereocenters. The summed E-state index contributed by atoms with van der Waals surface area (Å²) in [6.45, 7) is 2.28. The van der Waals surface area contributed by atoms with Crippen LogP contribution in [-0.2, 0) is 11.2 Å². The molecule has 1 aliphatic heterocycles. The van der Waals surface area contributed by atoms with Gasteiger partial charge in [-0.05, 0) is 49.1 Å². The third-order valence-electron chi connectivity index (χ3n) is 5.51. The number of hydrogen-bond acceptors (Lipinski definition) is 6. The highest BCUT2D eigenvalue weighted by Gasteiger charge is 2.27. The molecule has 0 bridgehead atoms. The molecule has 7 heteroatoms. The van der Waals surface area contributed by atoms with Crippen molar-refractivity contribution in [3.8, 4) is 11.5 Å². The van der Waals surface area contributed by atoms with Gasteiger partial charge < -0.3 is 19.7 Å². The van der Waals surface area contributed by atoms with E-state index in [1.54, 1.807) is 25.6 Å². The van der Waals surface area contributed by atoms with Crippen molar-refractivity contribution in [2.24, 2.45) is 5.92 Å². The summed E-state index contributed by atoms with van der Waals surface area (Å²) in [6.07, 6.45) is 2.67. The van der Waals surface area contributed by atoms with Crippen molar-refractivity contribution in [3.05, 3.63) is 48.0 Å². The van der Waals surface area contributed by atoms with Crippen LogP contribution in [0.15, 0.2) is 42.5 Å². The lowest BCUT2D eigenvalue weighted by atomic mass is 9.97. The molecule has 1 fully saturated rings. The van der Waals surface area contributed by atoms with Gasteiger partial charge in [0.1, 0.15) is 0 Å². The van der Waals surface area contributed by atoms with Gasteiger partial charge in [0.2, 0.25) is 5.91 Å². The minimum atomic E-state index is -0.00355. The number of nitrogens with one attached hydrogen (secondary N) is 1. The van der Waals surface area contributed by atoms with Crippen molar-refractivity contribution in [1.29, 1.82) is 0 Å². The minimum Gasteiger partial charge on any atom is -0.493 e. The summed E-state index contributed by atoms with van der Waals surface area (Å²) in [5.41, 5.74) is 2.13. The Labute approximate surface area is 180 Å². The van der Waals surface area contributed by atoms with Gasteiger partial charge >= 0.3 is 0 Å². The van der Waals surface area contributed by atoms with Gasteiger partial charge in [0, 0.05) is 19.6 Å². The molecule has 3 aromatic rings. The SMILES string of the molecule is COc1ccc(CCNC(=O)[C@H]2CCCN(c3nc4ccccc4s3)C2)cc1OC. The Morgan fingerprint density at radius 3 is 2.83 bits per heavy atom. The van der Waals surface area contributed by atoms with E-state index in [4.69, 9.17) is 14.5 Å². The molecule has 1 aliphatic rings. The van der Waals surface area contributed by atoms with Gasteiger partial charge in [-0.25, -0.2) is 4.98 Å². The Kier molecular flexibility index (Phi) is 6.38. The predicted molar refractivity (Wildman–Crippen MR) is 121 cm³/mol.